The van der Waals surface area contributed by atoms with Gasteiger partial charge in [-0.25, -0.2) is 13.1 Å². The number of ether oxygens (including phenoxy) is 1. The van der Waals surface area contributed by atoms with E-state index in [0.717, 1.165) is 31.6 Å². The van der Waals surface area contributed by atoms with E-state index >= 15 is 0 Å². The summed E-state index contributed by atoms with van der Waals surface area (Å²) in [5, 5.41) is 11.2. The van der Waals surface area contributed by atoms with Crippen molar-refractivity contribution in [3.63, 3.8) is 0 Å². The minimum atomic E-state index is -4.62. The van der Waals surface area contributed by atoms with Gasteiger partial charge in [-0.1, -0.05) is 30.3 Å². The fourth-order valence-electron chi connectivity index (χ4n) is 5.90. The zero-order chi connectivity index (χ0) is 31.9. The first-order valence-corrected chi connectivity index (χ1v) is 16.0. The monoisotopic (exact) mass is 631 g/mol. The molecule has 0 saturated carbocycles. The third kappa shape index (κ3) is 6.63. The molecule has 1 fully saturated rings. The van der Waals surface area contributed by atoms with Crippen molar-refractivity contribution in [2.24, 2.45) is 0 Å². The molecular formula is C32H36F3N3O5S. The number of nitrogens with one attached hydrogen (secondary N) is 1. The maximum Gasteiger partial charge on any atom is 0.416 e. The zero-order valence-corrected chi connectivity index (χ0v) is 25.5. The number of rotatable bonds is 8. The molecule has 0 spiro atoms. The van der Waals surface area contributed by atoms with Gasteiger partial charge >= 0.3 is 6.18 Å². The minimum Gasteiger partial charge on any atom is -0.485 e. The Bertz CT molecular complexity index is 1600. The number of carbonyl (C=O) groups excluding carboxylic acids is 1. The van der Waals surface area contributed by atoms with Crippen LogP contribution in [0.5, 0.6) is 5.75 Å². The van der Waals surface area contributed by atoms with Gasteiger partial charge in [-0.2, -0.15) is 13.2 Å². The standard InChI is InChI=1S/C32H36F3N3O5S/c1-4-38(24-16-17-37(20-24)19-21-8-6-5-7-9-21)30(40)22-10-15-27-26(18-22)28(29(39)31(2,3)43-27)36-44(41,42)25-13-11-23(12-14-25)32(33,34)35/h5-15,18,24,28-29,36,39H,4,16-17,19-20H2,1-3H3/t24?,28-,29+/m1/s1. The molecule has 5 rings (SSSR count). The number of nitrogens with zero attached hydrogens (tertiary/aromatic N) is 2. The highest BCUT2D eigenvalue weighted by molar-refractivity contribution is 7.89. The number of sulfonamides is 1. The Morgan fingerprint density at radius 3 is 2.41 bits per heavy atom. The molecule has 1 amide bonds. The molecule has 2 heterocycles. The average molecular weight is 632 g/mol. The second-order valence-corrected chi connectivity index (χ2v) is 13.5. The number of likely N-dealkylation sites (tertiary alicyclic amines) is 1. The van der Waals surface area contributed by atoms with Gasteiger partial charge < -0.3 is 14.7 Å². The van der Waals surface area contributed by atoms with Gasteiger partial charge in [0.1, 0.15) is 17.5 Å². The lowest BCUT2D eigenvalue weighted by Gasteiger charge is -2.42. The summed E-state index contributed by atoms with van der Waals surface area (Å²) >= 11 is 0. The Balaban J connectivity index is 1.39. The number of fused-ring (bicyclic) bond motifs is 1. The lowest BCUT2D eigenvalue weighted by atomic mass is 9.86. The van der Waals surface area contributed by atoms with E-state index in [-0.39, 0.29) is 23.3 Å². The third-order valence-electron chi connectivity index (χ3n) is 8.31. The van der Waals surface area contributed by atoms with E-state index in [9.17, 15) is 31.5 Å². The van der Waals surface area contributed by atoms with Crippen LogP contribution in [0.3, 0.4) is 0 Å². The fourth-order valence-corrected chi connectivity index (χ4v) is 7.12. The van der Waals surface area contributed by atoms with E-state index in [0.29, 0.717) is 30.8 Å². The average Bonchev–Trinajstić information content (AvgIpc) is 3.43. The van der Waals surface area contributed by atoms with E-state index in [1.807, 2.05) is 25.1 Å². The topological polar surface area (TPSA) is 99.2 Å². The van der Waals surface area contributed by atoms with E-state index < -0.39 is 44.4 Å². The molecule has 1 unspecified atom stereocenters. The van der Waals surface area contributed by atoms with Crippen LogP contribution in [-0.4, -0.2) is 66.6 Å². The summed E-state index contributed by atoms with van der Waals surface area (Å²) < 4.78 is 74.2. The molecule has 236 valence electrons. The number of carbonyl (C=O) groups is 1. The van der Waals surface area contributed by atoms with E-state index in [4.69, 9.17) is 4.74 Å². The molecule has 2 N–H and O–H groups in total. The number of hydrogen-bond acceptors (Lipinski definition) is 6. The van der Waals surface area contributed by atoms with Crippen molar-refractivity contribution in [2.75, 3.05) is 19.6 Å². The van der Waals surface area contributed by atoms with Crippen LogP contribution in [0.4, 0.5) is 13.2 Å². The maximum absolute atomic E-state index is 13.8. The Labute approximate surface area is 255 Å². The molecule has 3 atom stereocenters. The van der Waals surface area contributed by atoms with Crippen molar-refractivity contribution in [2.45, 2.75) is 68.6 Å². The molecule has 0 radical (unpaired) electrons. The van der Waals surface area contributed by atoms with E-state index in [1.165, 1.54) is 11.6 Å². The Hall–Kier alpha value is -3.45. The van der Waals surface area contributed by atoms with Crippen LogP contribution >= 0.6 is 0 Å². The van der Waals surface area contributed by atoms with Crippen LogP contribution in [0.25, 0.3) is 0 Å². The van der Waals surface area contributed by atoms with Crippen molar-refractivity contribution >= 4 is 15.9 Å². The van der Waals surface area contributed by atoms with Crippen molar-refractivity contribution in [1.29, 1.82) is 0 Å². The number of hydrogen-bond donors (Lipinski definition) is 2. The third-order valence-corrected chi connectivity index (χ3v) is 9.76. The predicted octanol–water partition coefficient (Wildman–Crippen LogP) is 4.99. The van der Waals surface area contributed by atoms with Crippen LogP contribution in [0.1, 0.15) is 60.3 Å². The zero-order valence-electron chi connectivity index (χ0n) is 24.7. The number of halogens is 3. The first-order chi connectivity index (χ1) is 20.7. The summed E-state index contributed by atoms with van der Waals surface area (Å²) in [6.07, 6.45) is -5.19. The number of benzene rings is 3. The first kappa shape index (κ1) is 32.0. The van der Waals surface area contributed by atoms with Crippen molar-refractivity contribution in [3.8, 4) is 5.75 Å². The highest BCUT2D eigenvalue weighted by Crippen LogP contribution is 2.41. The fraction of sp³-hybridized carbons (Fsp3) is 0.406. The summed E-state index contributed by atoms with van der Waals surface area (Å²) in [6, 6.07) is 16.7. The van der Waals surface area contributed by atoms with Crippen LogP contribution in [0, 0.1) is 0 Å². The van der Waals surface area contributed by atoms with Crippen LogP contribution in [0.2, 0.25) is 0 Å². The summed E-state index contributed by atoms with van der Waals surface area (Å²) in [5.74, 6) is 0.0560. The predicted molar refractivity (Wildman–Crippen MR) is 158 cm³/mol. The van der Waals surface area contributed by atoms with E-state index in [2.05, 4.69) is 21.8 Å². The van der Waals surface area contributed by atoms with Gasteiger partial charge in [-0.05, 0) is 75.2 Å². The second-order valence-electron chi connectivity index (χ2n) is 11.8. The molecule has 8 nitrogen and oxygen atoms in total. The molecule has 3 aromatic carbocycles. The highest BCUT2D eigenvalue weighted by atomic mass is 32.2. The quantitative estimate of drug-likeness (QED) is 0.364. The molecule has 0 aliphatic carbocycles. The van der Waals surface area contributed by atoms with Crippen molar-refractivity contribution < 1.29 is 36.2 Å². The molecular weight excluding hydrogens is 595 g/mol. The molecule has 3 aromatic rings. The summed E-state index contributed by atoms with van der Waals surface area (Å²) in [5.41, 5.74) is -0.438. The second kappa shape index (κ2) is 12.2. The van der Waals surface area contributed by atoms with E-state index in [1.54, 1.807) is 30.9 Å². The van der Waals surface area contributed by atoms with Gasteiger partial charge in [0.25, 0.3) is 5.91 Å². The molecule has 1 saturated heterocycles. The minimum absolute atomic E-state index is 0.0120. The van der Waals surface area contributed by atoms with Crippen LogP contribution < -0.4 is 9.46 Å². The Morgan fingerprint density at radius 1 is 1.09 bits per heavy atom. The van der Waals surface area contributed by atoms with Crippen LogP contribution in [-0.2, 0) is 22.7 Å². The summed E-state index contributed by atoms with van der Waals surface area (Å²) in [4.78, 5) is 17.5. The smallest absolute Gasteiger partial charge is 0.416 e. The highest BCUT2D eigenvalue weighted by Gasteiger charge is 2.45. The first-order valence-electron chi connectivity index (χ1n) is 14.5. The summed E-state index contributed by atoms with van der Waals surface area (Å²) in [7, 11) is -4.38. The van der Waals surface area contributed by atoms with Gasteiger partial charge in [0, 0.05) is 43.3 Å². The van der Waals surface area contributed by atoms with Crippen molar-refractivity contribution in [3.05, 3.63) is 95.1 Å². The normalized spacial score (nSPS) is 21.8. The number of aliphatic hydroxyl groups is 1. The lowest BCUT2D eigenvalue weighted by molar-refractivity contribution is -0.137. The summed E-state index contributed by atoms with van der Waals surface area (Å²) in [6.45, 7) is 7.91. The van der Waals surface area contributed by atoms with Gasteiger partial charge in [0.2, 0.25) is 10.0 Å². The molecule has 12 heteroatoms. The molecule has 44 heavy (non-hydrogen) atoms. The maximum atomic E-state index is 13.8. The van der Waals surface area contributed by atoms with Gasteiger partial charge in [-0.15, -0.1) is 0 Å². The Kier molecular flexibility index (Phi) is 8.83. The number of amides is 1. The van der Waals surface area contributed by atoms with Crippen molar-refractivity contribution in [1.82, 2.24) is 14.5 Å². The van der Waals surface area contributed by atoms with Gasteiger partial charge in [0.15, 0.2) is 0 Å². The van der Waals surface area contributed by atoms with Gasteiger partial charge in [0.05, 0.1) is 16.5 Å². The molecule has 0 bridgehead atoms. The number of alkyl halides is 3. The number of aliphatic hydroxyl groups excluding tert-OH is 1. The molecule has 0 aromatic heterocycles. The van der Waals surface area contributed by atoms with Crippen LogP contribution in [0.15, 0.2) is 77.7 Å². The van der Waals surface area contributed by atoms with Gasteiger partial charge in [-0.3, -0.25) is 9.69 Å². The SMILES string of the molecule is CCN(C(=O)c1ccc2c(c1)[C@@H](NS(=O)(=O)c1ccc(C(F)(F)F)cc1)[C@H](O)C(C)(C)O2)C1CCN(Cc2ccccc2)C1. The largest absolute Gasteiger partial charge is 0.485 e. The molecule has 2 aliphatic rings. The molecule has 2 aliphatic heterocycles. The number of likely N-dealkylation sites (N-methyl/N-ethyl adjacent to an activating group) is 1. The Morgan fingerprint density at radius 2 is 1.77 bits per heavy atom. The lowest BCUT2D eigenvalue weighted by Crippen LogP contribution is -2.53.